The molecule has 0 bridgehead atoms. The highest BCUT2D eigenvalue weighted by atomic mass is 35.5. The van der Waals surface area contributed by atoms with Gasteiger partial charge in [-0.15, -0.1) is 11.3 Å². The number of benzene rings is 1. The van der Waals surface area contributed by atoms with Gasteiger partial charge < -0.3 is 9.88 Å². The SMILES string of the molecule is Clc1ccc(Cn2cc(CNC3CC3)c3ccccc32)s1. The number of nitrogens with zero attached hydrogens (tertiary/aromatic N) is 1. The quantitative estimate of drug-likeness (QED) is 0.724. The van der Waals surface area contributed by atoms with Crippen molar-refractivity contribution < 1.29 is 0 Å². The van der Waals surface area contributed by atoms with Gasteiger partial charge in [0.2, 0.25) is 0 Å². The maximum absolute atomic E-state index is 6.04. The van der Waals surface area contributed by atoms with Crippen LogP contribution in [0.5, 0.6) is 0 Å². The van der Waals surface area contributed by atoms with Crippen molar-refractivity contribution in [3.8, 4) is 0 Å². The molecule has 1 fully saturated rings. The largest absolute Gasteiger partial charge is 0.342 e. The van der Waals surface area contributed by atoms with E-state index in [9.17, 15) is 0 Å². The molecule has 3 aromatic rings. The zero-order valence-electron chi connectivity index (χ0n) is 11.7. The lowest BCUT2D eigenvalue weighted by Crippen LogP contribution is -2.14. The number of rotatable bonds is 5. The van der Waals surface area contributed by atoms with Crippen molar-refractivity contribution in [2.75, 3.05) is 0 Å². The van der Waals surface area contributed by atoms with Crippen LogP contribution in [-0.2, 0) is 13.1 Å². The van der Waals surface area contributed by atoms with E-state index in [-0.39, 0.29) is 0 Å². The van der Waals surface area contributed by atoms with E-state index in [2.05, 4.69) is 46.4 Å². The first kappa shape index (κ1) is 13.4. The maximum atomic E-state index is 6.04. The lowest BCUT2D eigenvalue weighted by molar-refractivity contribution is 0.687. The fourth-order valence-corrected chi connectivity index (χ4v) is 3.83. The Morgan fingerprint density at radius 1 is 1.19 bits per heavy atom. The summed E-state index contributed by atoms with van der Waals surface area (Å²) in [5.74, 6) is 0. The Balaban J connectivity index is 1.66. The summed E-state index contributed by atoms with van der Waals surface area (Å²) in [5, 5.41) is 4.97. The monoisotopic (exact) mass is 316 g/mol. The molecule has 1 saturated carbocycles. The third-order valence-electron chi connectivity index (χ3n) is 3.98. The van der Waals surface area contributed by atoms with E-state index in [1.54, 1.807) is 11.3 Å². The molecular formula is C17H17ClN2S. The average Bonchev–Trinajstić information content (AvgIpc) is 3.15. The van der Waals surface area contributed by atoms with Crippen LogP contribution in [0, 0.1) is 0 Å². The van der Waals surface area contributed by atoms with Crippen LogP contribution in [0.15, 0.2) is 42.6 Å². The van der Waals surface area contributed by atoms with Gasteiger partial charge in [-0.3, -0.25) is 0 Å². The highest BCUT2D eigenvalue weighted by Gasteiger charge is 2.20. The van der Waals surface area contributed by atoms with E-state index < -0.39 is 0 Å². The highest BCUT2D eigenvalue weighted by Crippen LogP contribution is 2.27. The molecule has 1 aliphatic rings. The Kier molecular flexibility index (Phi) is 3.49. The molecule has 0 radical (unpaired) electrons. The summed E-state index contributed by atoms with van der Waals surface area (Å²) in [4.78, 5) is 1.29. The molecule has 0 unspecified atom stereocenters. The molecule has 2 heterocycles. The number of nitrogens with one attached hydrogen (secondary N) is 1. The van der Waals surface area contributed by atoms with Gasteiger partial charge in [-0.2, -0.15) is 0 Å². The molecule has 4 heteroatoms. The zero-order valence-corrected chi connectivity index (χ0v) is 13.3. The predicted octanol–water partition coefficient (Wildman–Crippen LogP) is 4.66. The van der Waals surface area contributed by atoms with E-state index in [4.69, 9.17) is 11.6 Å². The summed E-state index contributed by atoms with van der Waals surface area (Å²) in [6, 6.07) is 13.5. The van der Waals surface area contributed by atoms with Crippen molar-refractivity contribution in [2.24, 2.45) is 0 Å². The molecule has 0 aliphatic heterocycles. The number of hydrogen-bond donors (Lipinski definition) is 1. The third kappa shape index (κ3) is 2.86. The van der Waals surface area contributed by atoms with Gasteiger partial charge in [0.1, 0.15) is 0 Å². The molecule has 1 N–H and O–H groups in total. The van der Waals surface area contributed by atoms with E-state index in [1.165, 1.54) is 34.2 Å². The number of aromatic nitrogens is 1. The first-order valence-electron chi connectivity index (χ1n) is 7.34. The normalized spacial score (nSPS) is 14.9. The van der Waals surface area contributed by atoms with Crippen molar-refractivity contribution in [2.45, 2.75) is 32.0 Å². The van der Waals surface area contributed by atoms with Crippen LogP contribution in [0.25, 0.3) is 10.9 Å². The molecule has 4 rings (SSSR count). The van der Waals surface area contributed by atoms with Crippen molar-refractivity contribution in [3.05, 3.63) is 57.4 Å². The van der Waals surface area contributed by atoms with Gasteiger partial charge in [-0.1, -0.05) is 29.8 Å². The van der Waals surface area contributed by atoms with Crippen LogP contribution >= 0.6 is 22.9 Å². The summed E-state index contributed by atoms with van der Waals surface area (Å²) in [6.45, 7) is 1.85. The average molecular weight is 317 g/mol. The molecule has 2 nitrogen and oxygen atoms in total. The minimum Gasteiger partial charge on any atom is -0.342 e. The fraction of sp³-hybridized carbons (Fsp3) is 0.294. The number of fused-ring (bicyclic) bond motifs is 1. The molecule has 0 atom stereocenters. The van der Waals surface area contributed by atoms with Crippen LogP contribution in [-0.4, -0.2) is 10.6 Å². The highest BCUT2D eigenvalue weighted by molar-refractivity contribution is 7.16. The van der Waals surface area contributed by atoms with Crippen molar-refractivity contribution >= 4 is 33.8 Å². The van der Waals surface area contributed by atoms with Crippen LogP contribution in [0.3, 0.4) is 0 Å². The molecule has 0 saturated heterocycles. The zero-order chi connectivity index (χ0) is 14.2. The molecule has 2 aromatic heterocycles. The lowest BCUT2D eigenvalue weighted by atomic mass is 10.2. The summed E-state index contributed by atoms with van der Waals surface area (Å²) in [5.41, 5.74) is 2.69. The second-order valence-electron chi connectivity index (χ2n) is 5.66. The Hall–Kier alpha value is -1.29. The summed E-state index contributed by atoms with van der Waals surface area (Å²) in [7, 11) is 0. The summed E-state index contributed by atoms with van der Waals surface area (Å²) >= 11 is 7.70. The second kappa shape index (κ2) is 5.48. The topological polar surface area (TPSA) is 17.0 Å². The number of thiophene rings is 1. The summed E-state index contributed by atoms with van der Waals surface area (Å²) in [6.07, 6.45) is 4.94. The van der Waals surface area contributed by atoms with E-state index in [0.717, 1.165) is 23.5 Å². The van der Waals surface area contributed by atoms with Crippen molar-refractivity contribution in [1.82, 2.24) is 9.88 Å². The van der Waals surface area contributed by atoms with Crippen LogP contribution in [0.1, 0.15) is 23.3 Å². The Labute approximate surface area is 133 Å². The molecule has 108 valence electrons. The standard InChI is InChI=1S/C17H17ClN2S/c18-17-8-7-14(21-17)11-20-10-12(9-19-13-5-6-13)15-3-1-2-4-16(15)20/h1-4,7-8,10,13,19H,5-6,9,11H2. The van der Waals surface area contributed by atoms with Crippen LogP contribution in [0.4, 0.5) is 0 Å². The maximum Gasteiger partial charge on any atom is 0.0931 e. The van der Waals surface area contributed by atoms with Gasteiger partial charge in [0.15, 0.2) is 0 Å². The Morgan fingerprint density at radius 2 is 2.05 bits per heavy atom. The van der Waals surface area contributed by atoms with Gasteiger partial charge in [0.25, 0.3) is 0 Å². The summed E-state index contributed by atoms with van der Waals surface area (Å²) < 4.78 is 3.19. The van der Waals surface area contributed by atoms with E-state index in [0.29, 0.717) is 0 Å². The molecule has 0 spiro atoms. The van der Waals surface area contributed by atoms with Gasteiger partial charge in [0.05, 0.1) is 10.9 Å². The van der Waals surface area contributed by atoms with E-state index >= 15 is 0 Å². The molecule has 0 amide bonds. The number of halogens is 1. The molecular weight excluding hydrogens is 300 g/mol. The van der Waals surface area contributed by atoms with Gasteiger partial charge in [-0.05, 0) is 36.6 Å². The first-order chi connectivity index (χ1) is 10.3. The van der Waals surface area contributed by atoms with Crippen molar-refractivity contribution in [3.63, 3.8) is 0 Å². The predicted molar refractivity (Wildman–Crippen MR) is 90.2 cm³/mol. The van der Waals surface area contributed by atoms with Crippen molar-refractivity contribution in [1.29, 1.82) is 0 Å². The first-order valence-corrected chi connectivity index (χ1v) is 8.53. The Bertz CT molecular complexity index is 770. The third-order valence-corrected chi connectivity index (χ3v) is 5.20. The van der Waals surface area contributed by atoms with Crippen LogP contribution in [0.2, 0.25) is 4.34 Å². The molecule has 21 heavy (non-hydrogen) atoms. The van der Waals surface area contributed by atoms with Gasteiger partial charge >= 0.3 is 0 Å². The van der Waals surface area contributed by atoms with E-state index in [1.807, 2.05) is 6.07 Å². The minimum atomic E-state index is 0.739. The molecule has 1 aliphatic carbocycles. The number of hydrogen-bond acceptors (Lipinski definition) is 2. The smallest absolute Gasteiger partial charge is 0.0931 e. The van der Waals surface area contributed by atoms with Gasteiger partial charge in [-0.25, -0.2) is 0 Å². The fourth-order valence-electron chi connectivity index (χ4n) is 2.74. The lowest BCUT2D eigenvalue weighted by Gasteiger charge is -2.02. The minimum absolute atomic E-state index is 0.739. The number of para-hydroxylation sites is 1. The second-order valence-corrected chi connectivity index (χ2v) is 7.46. The Morgan fingerprint density at radius 3 is 2.81 bits per heavy atom. The van der Waals surface area contributed by atoms with Crippen LogP contribution < -0.4 is 5.32 Å². The molecule has 1 aromatic carbocycles. The van der Waals surface area contributed by atoms with Gasteiger partial charge in [0, 0.05) is 34.6 Å².